The molecule has 2 aromatic carbocycles. The fourth-order valence-electron chi connectivity index (χ4n) is 3.84. The first kappa shape index (κ1) is 20.3. The lowest BCUT2D eigenvalue weighted by atomic mass is 9.95. The van der Waals surface area contributed by atoms with Gasteiger partial charge in [-0.2, -0.15) is 0 Å². The van der Waals surface area contributed by atoms with Crippen LogP contribution in [0.2, 0.25) is 0 Å². The van der Waals surface area contributed by atoms with Crippen LogP contribution >= 0.6 is 0 Å². The van der Waals surface area contributed by atoms with Crippen LogP contribution < -0.4 is 14.2 Å². The zero-order valence-corrected chi connectivity index (χ0v) is 16.6. The maximum absolute atomic E-state index is 10.5. The predicted molar refractivity (Wildman–Crippen MR) is 106 cm³/mol. The Morgan fingerprint density at radius 1 is 0.821 bits per heavy atom. The number of ether oxygens (including phenoxy) is 3. The second kappa shape index (κ2) is 8.71. The van der Waals surface area contributed by atoms with Gasteiger partial charge in [0.25, 0.3) is 0 Å². The number of methoxy groups -OCH3 is 3. The maximum atomic E-state index is 10.5. The molecule has 28 heavy (non-hydrogen) atoms. The van der Waals surface area contributed by atoms with Gasteiger partial charge in [0.05, 0.1) is 33.5 Å². The van der Waals surface area contributed by atoms with Gasteiger partial charge in [0.1, 0.15) is 5.75 Å². The number of fused-ring (bicyclic) bond motifs is 5. The smallest absolute Gasteiger partial charge is 0.204 e. The largest absolute Gasteiger partial charge is 0.507 e. The van der Waals surface area contributed by atoms with E-state index in [-0.39, 0.29) is 5.75 Å². The van der Waals surface area contributed by atoms with E-state index in [4.69, 9.17) is 14.2 Å². The molecule has 0 spiro atoms. The van der Waals surface area contributed by atoms with Crippen LogP contribution in [0.3, 0.4) is 0 Å². The standard InChI is InChI=1S/C22H28O6/c1-26-20-14-6-4-5-7-18(24)19(25)11-13-8-9-17(23)15(10-13)16(12-14)21(27-2)22(20)28-3/h8-10,12,18-19,23-25H,4-7,11H2,1-3H3/t18-,19-/m0/s1. The molecule has 0 radical (unpaired) electrons. The minimum Gasteiger partial charge on any atom is -0.507 e. The molecular weight excluding hydrogens is 360 g/mol. The molecule has 152 valence electrons. The van der Waals surface area contributed by atoms with E-state index < -0.39 is 12.2 Å². The molecule has 1 aliphatic carbocycles. The molecule has 0 saturated carbocycles. The molecule has 3 N–H and O–H groups in total. The summed E-state index contributed by atoms with van der Waals surface area (Å²) >= 11 is 0. The number of rotatable bonds is 3. The van der Waals surface area contributed by atoms with E-state index in [0.717, 1.165) is 24.0 Å². The fourth-order valence-corrected chi connectivity index (χ4v) is 3.84. The first-order chi connectivity index (χ1) is 13.5. The number of aliphatic hydroxyl groups excluding tert-OH is 2. The summed E-state index contributed by atoms with van der Waals surface area (Å²) in [6.07, 6.45) is 1.48. The van der Waals surface area contributed by atoms with Crippen molar-refractivity contribution in [1.29, 1.82) is 0 Å². The minimum absolute atomic E-state index is 0.102. The van der Waals surface area contributed by atoms with Crippen molar-refractivity contribution in [3.63, 3.8) is 0 Å². The van der Waals surface area contributed by atoms with Crippen molar-refractivity contribution < 1.29 is 29.5 Å². The Morgan fingerprint density at radius 3 is 2.21 bits per heavy atom. The molecule has 6 heteroatoms. The van der Waals surface area contributed by atoms with Crippen molar-refractivity contribution in [1.82, 2.24) is 0 Å². The number of hydrogen-bond donors (Lipinski definition) is 3. The molecule has 0 heterocycles. The van der Waals surface area contributed by atoms with Crippen molar-refractivity contribution in [3.8, 4) is 34.1 Å². The summed E-state index contributed by atoms with van der Waals surface area (Å²) in [5.74, 6) is 1.67. The molecule has 0 aliphatic heterocycles. The first-order valence-electron chi connectivity index (χ1n) is 9.50. The van der Waals surface area contributed by atoms with Crippen LogP contribution in [0.25, 0.3) is 11.1 Å². The third kappa shape index (κ3) is 3.88. The zero-order chi connectivity index (χ0) is 20.3. The van der Waals surface area contributed by atoms with Crippen molar-refractivity contribution in [2.75, 3.05) is 21.3 Å². The highest BCUT2D eigenvalue weighted by Crippen LogP contribution is 2.49. The summed E-state index contributed by atoms with van der Waals surface area (Å²) < 4.78 is 16.8. The Bertz CT molecular complexity index is 832. The molecule has 2 atom stereocenters. The lowest BCUT2D eigenvalue weighted by molar-refractivity contribution is 0.0138. The molecule has 0 unspecified atom stereocenters. The summed E-state index contributed by atoms with van der Waals surface area (Å²) in [4.78, 5) is 0. The van der Waals surface area contributed by atoms with Crippen LogP contribution in [0.5, 0.6) is 23.0 Å². The van der Waals surface area contributed by atoms with Gasteiger partial charge in [0, 0.05) is 17.5 Å². The molecule has 0 fully saturated rings. The Balaban J connectivity index is 2.25. The minimum atomic E-state index is -0.854. The Kier molecular flexibility index (Phi) is 6.31. The lowest BCUT2D eigenvalue weighted by Gasteiger charge is -2.20. The van der Waals surface area contributed by atoms with Crippen LogP contribution in [0, 0.1) is 0 Å². The molecule has 4 bridgehead atoms. The molecule has 0 aromatic heterocycles. The van der Waals surface area contributed by atoms with Crippen molar-refractivity contribution in [2.45, 2.75) is 44.3 Å². The van der Waals surface area contributed by atoms with Gasteiger partial charge < -0.3 is 29.5 Å². The van der Waals surface area contributed by atoms with Gasteiger partial charge in [0.15, 0.2) is 11.5 Å². The van der Waals surface area contributed by atoms with Crippen LogP contribution in [-0.4, -0.2) is 48.9 Å². The van der Waals surface area contributed by atoms with Crippen LogP contribution in [0.1, 0.15) is 30.4 Å². The predicted octanol–water partition coefficient (Wildman–Crippen LogP) is 3.08. The van der Waals surface area contributed by atoms with Crippen LogP contribution in [0.15, 0.2) is 24.3 Å². The SMILES string of the molecule is COc1c2cc(c(OC)c1OC)-c1cc(ccc1O)C[C@H](O)[C@@H](O)CCCC2. The van der Waals surface area contributed by atoms with E-state index in [9.17, 15) is 15.3 Å². The average molecular weight is 388 g/mol. The van der Waals surface area contributed by atoms with Gasteiger partial charge in [-0.05, 0) is 48.6 Å². The number of benzene rings is 2. The number of aromatic hydroxyl groups is 1. The van der Waals surface area contributed by atoms with Gasteiger partial charge in [-0.15, -0.1) is 0 Å². The summed E-state index contributed by atoms with van der Waals surface area (Å²) in [6.45, 7) is 0. The van der Waals surface area contributed by atoms with Gasteiger partial charge in [-0.25, -0.2) is 0 Å². The quantitative estimate of drug-likeness (QED) is 0.749. The van der Waals surface area contributed by atoms with E-state index in [1.807, 2.05) is 12.1 Å². The summed E-state index contributed by atoms with van der Waals surface area (Å²) in [6, 6.07) is 7.13. The third-order valence-corrected chi connectivity index (χ3v) is 5.32. The number of aryl methyl sites for hydroxylation is 1. The summed E-state index contributed by atoms with van der Waals surface area (Å²) in [5, 5.41) is 31.2. The molecule has 6 nitrogen and oxygen atoms in total. The van der Waals surface area contributed by atoms with Crippen LogP contribution in [0.4, 0.5) is 0 Å². The van der Waals surface area contributed by atoms with E-state index >= 15 is 0 Å². The molecule has 0 amide bonds. The summed E-state index contributed by atoms with van der Waals surface area (Å²) in [7, 11) is 4.70. The Hall–Kier alpha value is -2.44. The van der Waals surface area contributed by atoms with E-state index in [1.54, 1.807) is 33.5 Å². The topological polar surface area (TPSA) is 88.4 Å². The molecular formula is C22H28O6. The third-order valence-electron chi connectivity index (χ3n) is 5.32. The average Bonchev–Trinajstić information content (AvgIpc) is 2.70. The van der Waals surface area contributed by atoms with E-state index in [0.29, 0.717) is 47.6 Å². The van der Waals surface area contributed by atoms with Gasteiger partial charge in [0.2, 0.25) is 5.75 Å². The molecule has 2 aromatic rings. The second-order valence-electron chi connectivity index (χ2n) is 7.12. The lowest BCUT2D eigenvalue weighted by Crippen LogP contribution is -2.27. The Morgan fingerprint density at radius 2 is 1.54 bits per heavy atom. The monoisotopic (exact) mass is 388 g/mol. The molecule has 0 saturated heterocycles. The number of aliphatic hydroxyl groups is 2. The van der Waals surface area contributed by atoms with Gasteiger partial charge >= 0.3 is 0 Å². The maximum Gasteiger partial charge on any atom is 0.204 e. The van der Waals surface area contributed by atoms with Crippen molar-refractivity contribution in [2.24, 2.45) is 0 Å². The molecule has 1 aliphatic rings. The van der Waals surface area contributed by atoms with E-state index in [1.165, 1.54) is 0 Å². The van der Waals surface area contributed by atoms with Gasteiger partial charge in [-0.1, -0.05) is 12.5 Å². The number of phenols is 1. The fraction of sp³-hybridized carbons (Fsp3) is 0.455. The highest BCUT2D eigenvalue weighted by Gasteiger charge is 2.24. The number of hydrogen-bond acceptors (Lipinski definition) is 6. The summed E-state index contributed by atoms with van der Waals surface area (Å²) in [5.41, 5.74) is 3.03. The molecule has 3 rings (SSSR count). The number of phenolic OH excluding ortho intramolecular Hbond substituents is 1. The van der Waals surface area contributed by atoms with Crippen molar-refractivity contribution in [3.05, 3.63) is 35.4 Å². The highest BCUT2D eigenvalue weighted by atomic mass is 16.5. The van der Waals surface area contributed by atoms with Gasteiger partial charge in [-0.3, -0.25) is 0 Å². The zero-order valence-electron chi connectivity index (χ0n) is 16.6. The normalized spacial score (nSPS) is 19.8. The first-order valence-corrected chi connectivity index (χ1v) is 9.50. The Labute approximate surface area is 165 Å². The van der Waals surface area contributed by atoms with Crippen molar-refractivity contribution >= 4 is 0 Å². The highest BCUT2D eigenvalue weighted by molar-refractivity contribution is 5.81. The van der Waals surface area contributed by atoms with Crippen LogP contribution in [-0.2, 0) is 12.8 Å². The van der Waals surface area contributed by atoms with E-state index in [2.05, 4.69) is 0 Å². The second-order valence-corrected chi connectivity index (χ2v) is 7.12.